The van der Waals surface area contributed by atoms with Crippen molar-refractivity contribution in [2.24, 2.45) is 0 Å². The smallest absolute Gasteiger partial charge is 0.319 e. The number of carbonyl (C=O) groups excluding carboxylic acids is 2. The summed E-state index contributed by atoms with van der Waals surface area (Å²) in [5.74, 6) is 0.886. The molecule has 0 aliphatic carbocycles. The molecule has 0 fully saturated rings. The molecule has 0 atom stereocenters. The number of para-hydroxylation sites is 2. The molecule has 1 aliphatic heterocycles. The van der Waals surface area contributed by atoms with Gasteiger partial charge in [-0.25, -0.2) is 4.79 Å². The van der Waals surface area contributed by atoms with Crippen LogP contribution in [0, 0.1) is 0 Å². The molecule has 3 amide bonds. The Morgan fingerprint density at radius 2 is 1.73 bits per heavy atom. The SMILES string of the molecule is CN1C(=O)c2cc(NC(=O)NCCCc3ccccc3)ccc2Oc2ccccc21. The summed E-state index contributed by atoms with van der Waals surface area (Å²) in [4.78, 5) is 26.7. The molecule has 6 nitrogen and oxygen atoms in total. The van der Waals surface area contributed by atoms with Crippen molar-refractivity contribution in [3.8, 4) is 11.5 Å². The zero-order valence-corrected chi connectivity index (χ0v) is 16.7. The van der Waals surface area contributed by atoms with Gasteiger partial charge in [-0.05, 0) is 48.7 Å². The third kappa shape index (κ3) is 4.27. The minimum atomic E-state index is -0.304. The van der Waals surface area contributed by atoms with E-state index >= 15 is 0 Å². The molecule has 1 heterocycles. The summed E-state index contributed by atoms with van der Waals surface area (Å²) >= 11 is 0. The minimum absolute atomic E-state index is 0.193. The number of hydrogen-bond acceptors (Lipinski definition) is 3. The van der Waals surface area contributed by atoms with Crippen molar-refractivity contribution in [3.63, 3.8) is 0 Å². The van der Waals surface area contributed by atoms with Crippen LogP contribution >= 0.6 is 0 Å². The van der Waals surface area contributed by atoms with Crippen LogP contribution in [0.2, 0.25) is 0 Å². The van der Waals surface area contributed by atoms with Crippen LogP contribution in [0.3, 0.4) is 0 Å². The zero-order valence-electron chi connectivity index (χ0n) is 16.7. The van der Waals surface area contributed by atoms with Crippen LogP contribution in [0.4, 0.5) is 16.2 Å². The van der Waals surface area contributed by atoms with Crippen LogP contribution < -0.4 is 20.3 Å². The van der Waals surface area contributed by atoms with Crippen molar-refractivity contribution in [1.29, 1.82) is 0 Å². The summed E-state index contributed by atoms with van der Waals surface area (Å²) in [6.07, 6.45) is 1.75. The molecule has 0 unspecified atom stereocenters. The summed E-state index contributed by atoms with van der Waals surface area (Å²) in [5, 5.41) is 5.64. The van der Waals surface area contributed by atoms with Gasteiger partial charge in [0.1, 0.15) is 5.75 Å². The maximum atomic E-state index is 12.9. The van der Waals surface area contributed by atoms with Gasteiger partial charge in [0.25, 0.3) is 5.91 Å². The second-order valence-corrected chi connectivity index (χ2v) is 7.11. The molecule has 0 radical (unpaired) electrons. The van der Waals surface area contributed by atoms with Crippen LogP contribution in [-0.2, 0) is 6.42 Å². The first kappa shape index (κ1) is 19.5. The normalized spacial score (nSPS) is 12.3. The fourth-order valence-corrected chi connectivity index (χ4v) is 3.41. The number of carbonyl (C=O) groups is 2. The number of aryl methyl sites for hydroxylation is 1. The highest BCUT2D eigenvalue weighted by Gasteiger charge is 2.25. The van der Waals surface area contributed by atoms with Crippen molar-refractivity contribution < 1.29 is 14.3 Å². The lowest BCUT2D eigenvalue weighted by atomic mass is 10.1. The lowest BCUT2D eigenvalue weighted by molar-refractivity contribution is 0.0993. The van der Waals surface area contributed by atoms with Gasteiger partial charge in [-0.15, -0.1) is 0 Å². The Kier molecular flexibility index (Phi) is 5.66. The van der Waals surface area contributed by atoms with Crippen molar-refractivity contribution in [2.45, 2.75) is 12.8 Å². The Morgan fingerprint density at radius 3 is 2.57 bits per heavy atom. The van der Waals surface area contributed by atoms with Crippen LogP contribution in [-0.4, -0.2) is 25.5 Å². The number of benzene rings is 3. The molecule has 0 spiro atoms. The average molecular weight is 401 g/mol. The maximum Gasteiger partial charge on any atom is 0.319 e. The largest absolute Gasteiger partial charge is 0.454 e. The van der Waals surface area contributed by atoms with Gasteiger partial charge in [-0.1, -0.05) is 42.5 Å². The fraction of sp³-hybridized carbons (Fsp3) is 0.167. The van der Waals surface area contributed by atoms with Gasteiger partial charge in [0, 0.05) is 19.3 Å². The van der Waals surface area contributed by atoms with Crippen molar-refractivity contribution in [2.75, 3.05) is 23.8 Å². The van der Waals surface area contributed by atoms with Gasteiger partial charge in [0.05, 0.1) is 11.3 Å². The van der Waals surface area contributed by atoms with Crippen molar-refractivity contribution >= 4 is 23.3 Å². The molecule has 4 rings (SSSR count). The van der Waals surface area contributed by atoms with Gasteiger partial charge >= 0.3 is 6.03 Å². The molecule has 30 heavy (non-hydrogen) atoms. The molecular formula is C24H23N3O3. The number of nitrogens with zero attached hydrogens (tertiary/aromatic N) is 1. The number of ether oxygens (including phenoxy) is 1. The molecule has 152 valence electrons. The minimum Gasteiger partial charge on any atom is -0.454 e. The summed E-state index contributed by atoms with van der Waals surface area (Å²) in [6.45, 7) is 0.561. The molecule has 3 aromatic rings. The first-order valence-electron chi connectivity index (χ1n) is 9.89. The van der Waals surface area contributed by atoms with E-state index in [9.17, 15) is 9.59 Å². The van der Waals surface area contributed by atoms with E-state index in [2.05, 4.69) is 22.8 Å². The number of anilines is 2. The van der Waals surface area contributed by atoms with Crippen LogP contribution in [0.1, 0.15) is 22.3 Å². The van der Waals surface area contributed by atoms with Crippen molar-refractivity contribution in [3.05, 3.63) is 83.9 Å². The van der Waals surface area contributed by atoms with E-state index in [-0.39, 0.29) is 11.9 Å². The van der Waals surface area contributed by atoms with E-state index in [0.29, 0.717) is 35.0 Å². The van der Waals surface area contributed by atoms with E-state index in [1.165, 1.54) is 5.56 Å². The quantitative estimate of drug-likeness (QED) is 0.602. The summed E-state index contributed by atoms with van der Waals surface area (Å²) < 4.78 is 5.93. The van der Waals surface area contributed by atoms with E-state index in [1.807, 2.05) is 42.5 Å². The fourth-order valence-electron chi connectivity index (χ4n) is 3.41. The van der Waals surface area contributed by atoms with Gasteiger partial charge in [-0.3, -0.25) is 4.79 Å². The Morgan fingerprint density at radius 1 is 0.967 bits per heavy atom. The van der Waals surface area contributed by atoms with Crippen LogP contribution in [0.5, 0.6) is 11.5 Å². The molecular weight excluding hydrogens is 378 g/mol. The average Bonchev–Trinajstić information content (AvgIpc) is 2.87. The van der Waals surface area contributed by atoms with Gasteiger partial charge in [0.2, 0.25) is 0 Å². The van der Waals surface area contributed by atoms with E-state index in [0.717, 1.165) is 12.8 Å². The third-order valence-corrected chi connectivity index (χ3v) is 4.99. The standard InChI is InChI=1S/C24H23N3O3/c1-27-20-11-5-6-12-22(20)30-21-14-13-18(16-19(21)23(27)28)26-24(29)25-15-7-10-17-8-3-2-4-9-17/h2-6,8-9,11-14,16H,7,10,15H2,1H3,(H2,25,26,29). The number of rotatable bonds is 5. The number of hydrogen-bond donors (Lipinski definition) is 2. The second kappa shape index (κ2) is 8.69. The number of nitrogens with one attached hydrogen (secondary N) is 2. The Bertz CT molecular complexity index is 1070. The van der Waals surface area contributed by atoms with E-state index in [4.69, 9.17) is 4.74 Å². The van der Waals surface area contributed by atoms with Crippen molar-refractivity contribution in [1.82, 2.24) is 5.32 Å². The predicted molar refractivity (Wildman–Crippen MR) is 117 cm³/mol. The predicted octanol–water partition coefficient (Wildman–Crippen LogP) is 4.82. The Labute approximate surface area is 175 Å². The first-order valence-corrected chi connectivity index (χ1v) is 9.89. The molecule has 6 heteroatoms. The highest BCUT2D eigenvalue weighted by molar-refractivity contribution is 6.10. The molecule has 1 aliphatic rings. The third-order valence-electron chi connectivity index (χ3n) is 4.99. The number of amides is 3. The van der Waals surface area contributed by atoms with E-state index < -0.39 is 0 Å². The Hall–Kier alpha value is -3.80. The highest BCUT2D eigenvalue weighted by atomic mass is 16.5. The summed E-state index contributed by atoms with van der Waals surface area (Å²) in [6, 6.07) is 22.3. The molecule has 0 aromatic heterocycles. The zero-order chi connectivity index (χ0) is 20.9. The number of fused-ring (bicyclic) bond motifs is 2. The van der Waals surface area contributed by atoms with Crippen LogP contribution in [0.15, 0.2) is 72.8 Å². The second-order valence-electron chi connectivity index (χ2n) is 7.11. The summed E-state index contributed by atoms with van der Waals surface area (Å²) in [7, 11) is 1.71. The van der Waals surface area contributed by atoms with Gasteiger partial charge in [-0.2, -0.15) is 0 Å². The molecule has 2 N–H and O–H groups in total. The molecule has 0 bridgehead atoms. The Balaban J connectivity index is 1.38. The lowest BCUT2D eigenvalue weighted by Gasteiger charge is -2.16. The molecule has 0 saturated carbocycles. The highest BCUT2D eigenvalue weighted by Crippen LogP contribution is 2.38. The van der Waals surface area contributed by atoms with Gasteiger partial charge in [0.15, 0.2) is 5.75 Å². The molecule has 3 aromatic carbocycles. The van der Waals surface area contributed by atoms with Crippen LogP contribution in [0.25, 0.3) is 0 Å². The molecule has 0 saturated heterocycles. The van der Waals surface area contributed by atoms with E-state index in [1.54, 1.807) is 30.1 Å². The van der Waals surface area contributed by atoms with Gasteiger partial charge < -0.3 is 20.3 Å². The monoisotopic (exact) mass is 401 g/mol. The lowest BCUT2D eigenvalue weighted by Crippen LogP contribution is -2.30. The number of urea groups is 1. The topological polar surface area (TPSA) is 70.7 Å². The maximum absolute atomic E-state index is 12.9. The first-order chi connectivity index (χ1) is 14.6. The summed E-state index contributed by atoms with van der Waals surface area (Å²) in [5.41, 5.74) is 2.87.